The molecule has 0 saturated carbocycles. The predicted octanol–water partition coefficient (Wildman–Crippen LogP) is 2.48. The van der Waals surface area contributed by atoms with Gasteiger partial charge in [0, 0.05) is 17.7 Å². The number of halogens is 1. The highest BCUT2D eigenvalue weighted by Crippen LogP contribution is 2.35. The SMILES string of the molecule is COc1ccc(Br)cc1NC(=O)C1(C(N)=S)CCOCC1. The first-order valence-corrected chi connectivity index (χ1v) is 7.72. The van der Waals surface area contributed by atoms with Crippen molar-refractivity contribution >= 4 is 44.7 Å². The highest BCUT2D eigenvalue weighted by Gasteiger charge is 2.43. The molecule has 3 N–H and O–H groups in total. The van der Waals surface area contributed by atoms with Gasteiger partial charge in [-0.25, -0.2) is 0 Å². The number of benzene rings is 1. The maximum Gasteiger partial charge on any atom is 0.237 e. The van der Waals surface area contributed by atoms with Gasteiger partial charge in [0.25, 0.3) is 0 Å². The van der Waals surface area contributed by atoms with Gasteiger partial charge in [-0.15, -0.1) is 0 Å². The third kappa shape index (κ3) is 3.36. The average Bonchev–Trinajstić information content (AvgIpc) is 2.48. The molecular formula is C14H17BrN2O3S. The second-order valence-corrected chi connectivity index (χ2v) is 6.21. The third-order valence-electron chi connectivity index (χ3n) is 3.66. The molecule has 0 atom stereocenters. The molecule has 0 aromatic heterocycles. The molecule has 1 aromatic carbocycles. The Balaban J connectivity index is 2.27. The van der Waals surface area contributed by atoms with Crippen LogP contribution in [0.15, 0.2) is 22.7 Å². The predicted molar refractivity (Wildman–Crippen MR) is 88.6 cm³/mol. The van der Waals surface area contributed by atoms with Crippen molar-refractivity contribution in [1.82, 2.24) is 0 Å². The van der Waals surface area contributed by atoms with E-state index in [9.17, 15) is 4.79 Å². The van der Waals surface area contributed by atoms with E-state index in [0.29, 0.717) is 37.5 Å². The Hall–Kier alpha value is -1.18. The topological polar surface area (TPSA) is 73.6 Å². The van der Waals surface area contributed by atoms with E-state index in [-0.39, 0.29) is 10.9 Å². The van der Waals surface area contributed by atoms with Crippen LogP contribution in [0.3, 0.4) is 0 Å². The number of hydrogen-bond acceptors (Lipinski definition) is 4. The molecular weight excluding hydrogens is 356 g/mol. The normalized spacial score (nSPS) is 17.0. The summed E-state index contributed by atoms with van der Waals surface area (Å²) in [7, 11) is 1.55. The second kappa shape index (κ2) is 6.72. The van der Waals surface area contributed by atoms with Crippen LogP contribution < -0.4 is 15.8 Å². The van der Waals surface area contributed by atoms with Gasteiger partial charge in [0.1, 0.15) is 11.2 Å². The monoisotopic (exact) mass is 372 g/mol. The van der Waals surface area contributed by atoms with Gasteiger partial charge in [-0.2, -0.15) is 0 Å². The van der Waals surface area contributed by atoms with Crippen molar-refractivity contribution in [2.75, 3.05) is 25.6 Å². The lowest BCUT2D eigenvalue weighted by atomic mass is 9.79. The molecule has 0 unspecified atom stereocenters. The van der Waals surface area contributed by atoms with Crippen LogP contribution in [0.5, 0.6) is 5.75 Å². The number of methoxy groups -OCH3 is 1. The molecule has 0 radical (unpaired) electrons. The second-order valence-electron chi connectivity index (χ2n) is 4.86. The number of nitrogens with one attached hydrogen (secondary N) is 1. The van der Waals surface area contributed by atoms with Gasteiger partial charge >= 0.3 is 0 Å². The Bertz CT molecular complexity index is 559. The van der Waals surface area contributed by atoms with Crippen LogP contribution in [0.2, 0.25) is 0 Å². The fraction of sp³-hybridized carbons (Fsp3) is 0.429. The summed E-state index contributed by atoms with van der Waals surface area (Å²) in [6, 6.07) is 5.40. The van der Waals surface area contributed by atoms with E-state index in [1.165, 1.54) is 0 Å². The first kappa shape index (κ1) is 16.2. The van der Waals surface area contributed by atoms with E-state index in [2.05, 4.69) is 21.2 Å². The van der Waals surface area contributed by atoms with Crippen molar-refractivity contribution < 1.29 is 14.3 Å². The number of ether oxygens (including phenoxy) is 2. The lowest BCUT2D eigenvalue weighted by Crippen LogP contribution is -2.49. The molecule has 1 saturated heterocycles. The Labute approximate surface area is 137 Å². The molecule has 1 aliphatic rings. The minimum Gasteiger partial charge on any atom is -0.495 e. The highest BCUT2D eigenvalue weighted by molar-refractivity contribution is 9.10. The van der Waals surface area contributed by atoms with Crippen LogP contribution in [-0.4, -0.2) is 31.2 Å². The molecule has 0 bridgehead atoms. The van der Waals surface area contributed by atoms with Crippen molar-refractivity contribution in [2.45, 2.75) is 12.8 Å². The first-order chi connectivity index (χ1) is 9.99. The summed E-state index contributed by atoms with van der Waals surface area (Å²) in [5, 5.41) is 2.88. The molecule has 114 valence electrons. The van der Waals surface area contributed by atoms with E-state index < -0.39 is 5.41 Å². The standard InChI is InChI=1S/C14H17BrN2O3S/c1-19-11-3-2-9(15)8-10(11)17-13(18)14(12(16)21)4-6-20-7-5-14/h2-3,8H,4-7H2,1H3,(H2,16,21)(H,17,18). The van der Waals surface area contributed by atoms with Crippen LogP contribution in [0.1, 0.15) is 12.8 Å². The summed E-state index contributed by atoms with van der Waals surface area (Å²) < 4.78 is 11.4. The molecule has 2 rings (SSSR count). The van der Waals surface area contributed by atoms with Crippen LogP contribution in [-0.2, 0) is 9.53 Å². The maximum absolute atomic E-state index is 12.7. The Kier molecular flexibility index (Phi) is 5.18. The van der Waals surface area contributed by atoms with Crippen LogP contribution in [0.25, 0.3) is 0 Å². The minimum absolute atomic E-state index is 0.206. The average molecular weight is 373 g/mol. The number of hydrogen-bond donors (Lipinski definition) is 2. The lowest BCUT2D eigenvalue weighted by molar-refractivity contribution is -0.126. The molecule has 1 fully saturated rings. The quantitative estimate of drug-likeness (QED) is 0.794. The van der Waals surface area contributed by atoms with Gasteiger partial charge in [0.05, 0.1) is 17.8 Å². The van der Waals surface area contributed by atoms with Gasteiger partial charge in [-0.05, 0) is 31.0 Å². The zero-order valence-corrected chi connectivity index (χ0v) is 14.1. The minimum atomic E-state index is -0.860. The number of thiocarbonyl (C=S) groups is 1. The zero-order valence-electron chi connectivity index (χ0n) is 11.6. The molecule has 1 aromatic rings. The molecule has 1 aliphatic heterocycles. The number of rotatable bonds is 4. The molecule has 21 heavy (non-hydrogen) atoms. The van der Waals surface area contributed by atoms with E-state index >= 15 is 0 Å². The van der Waals surface area contributed by atoms with Gasteiger partial charge in [-0.3, -0.25) is 4.79 Å². The fourth-order valence-corrected chi connectivity index (χ4v) is 2.98. The van der Waals surface area contributed by atoms with Crippen molar-refractivity contribution in [3.8, 4) is 5.75 Å². The Morgan fingerprint density at radius 1 is 1.48 bits per heavy atom. The van der Waals surface area contributed by atoms with Gasteiger partial charge < -0.3 is 20.5 Å². The molecule has 1 heterocycles. The first-order valence-electron chi connectivity index (χ1n) is 6.52. The largest absolute Gasteiger partial charge is 0.495 e. The summed E-state index contributed by atoms with van der Waals surface area (Å²) in [5.41, 5.74) is 5.55. The van der Waals surface area contributed by atoms with Crippen molar-refractivity contribution in [3.63, 3.8) is 0 Å². The number of carbonyl (C=O) groups is 1. The molecule has 0 spiro atoms. The summed E-state index contributed by atoms with van der Waals surface area (Å²) in [4.78, 5) is 12.9. The van der Waals surface area contributed by atoms with E-state index in [1.54, 1.807) is 19.2 Å². The number of carbonyl (C=O) groups excluding carboxylic acids is 1. The van der Waals surface area contributed by atoms with Crippen LogP contribution in [0, 0.1) is 5.41 Å². The number of anilines is 1. The van der Waals surface area contributed by atoms with E-state index in [4.69, 9.17) is 27.4 Å². The van der Waals surface area contributed by atoms with Crippen molar-refractivity contribution in [3.05, 3.63) is 22.7 Å². The zero-order chi connectivity index (χ0) is 15.5. The maximum atomic E-state index is 12.7. The van der Waals surface area contributed by atoms with Crippen molar-refractivity contribution in [1.29, 1.82) is 0 Å². The summed E-state index contributed by atoms with van der Waals surface area (Å²) in [6.07, 6.45) is 0.981. The van der Waals surface area contributed by atoms with Crippen molar-refractivity contribution in [2.24, 2.45) is 11.1 Å². The van der Waals surface area contributed by atoms with Crippen LogP contribution >= 0.6 is 28.1 Å². The summed E-state index contributed by atoms with van der Waals surface area (Å²) in [6.45, 7) is 0.945. The smallest absolute Gasteiger partial charge is 0.237 e. The number of nitrogens with two attached hydrogens (primary N) is 1. The molecule has 0 aliphatic carbocycles. The fourth-order valence-electron chi connectivity index (χ4n) is 2.33. The number of amides is 1. The summed E-state index contributed by atoms with van der Waals surface area (Å²) >= 11 is 8.50. The van der Waals surface area contributed by atoms with Crippen LogP contribution in [0.4, 0.5) is 5.69 Å². The highest BCUT2D eigenvalue weighted by atomic mass is 79.9. The lowest BCUT2D eigenvalue weighted by Gasteiger charge is -2.34. The van der Waals surface area contributed by atoms with Gasteiger partial charge in [0.2, 0.25) is 5.91 Å². The Morgan fingerprint density at radius 2 is 2.14 bits per heavy atom. The van der Waals surface area contributed by atoms with E-state index in [1.807, 2.05) is 6.07 Å². The Morgan fingerprint density at radius 3 is 2.71 bits per heavy atom. The van der Waals surface area contributed by atoms with Gasteiger partial charge in [-0.1, -0.05) is 28.1 Å². The van der Waals surface area contributed by atoms with E-state index in [0.717, 1.165) is 4.47 Å². The molecule has 5 nitrogen and oxygen atoms in total. The van der Waals surface area contributed by atoms with Gasteiger partial charge in [0.15, 0.2) is 0 Å². The summed E-state index contributed by atoms with van der Waals surface area (Å²) in [5.74, 6) is 0.367. The molecule has 7 heteroatoms. The third-order valence-corrected chi connectivity index (χ3v) is 4.55. The molecule has 1 amide bonds.